The summed E-state index contributed by atoms with van der Waals surface area (Å²) in [5.74, 6) is 3.03. The first-order valence-electron chi connectivity index (χ1n) is 13.4. The number of amides is 1. The number of carbonyl (C=O) groups is 1. The van der Waals surface area contributed by atoms with Crippen molar-refractivity contribution >= 4 is 5.91 Å². The molecule has 3 rings (SSSR count). The zero-order chi connectivity index (χ0) is 26.1. The predicted molar refractivity (Wildman–Crippen MR) is 144 cm³/mol. The summed E-state index contributed by atoms with van der Waals surface area (Å²) < 4.78 is 16.0. The minimum Gasteiger partial charge on any atom is -0.493 e. The van der Waals surface area contributed by atoms with Gasteiger partial charge in [-0.15, -0.1) is 0 Å². The Hall–Kier alpha value is -1.83. The van der Waals surface area contributed by atoms with Gasteiger partial charge in [0.2, 0.25) is 0 Å². The van der Waals surface area contributed by atoms with E-state index in [-0.39, 0.29) is 11.9 Å². The van der Waals surface area contributed by atoms with Crippen LogP contribution in [-0.4, -0.2) is 70.5 Å². The normalized spacial score (nSPS) is 17.3. The minimum atomic E-state index is 0.00175. The predicted octanol–water partition coefficient (Wildman–Crippen LogP) is 4.73. The number of hydrogen-bond donors (Lipinski definition) is 2. The molecule has 1 heterocycles. The summed E-state index contributed by atoms with van der Waals surface area (Å²) in [7, 11) is 3.25. The summed E-state index contributed by atoms with van der Waals surface area (Å²) in [6.45, 7) is 13.5. The number of methoxy groups -OCH3 is 2. The SMILES string of the molecule is CC1CCNC1.CCN(C(=O)c1ccc(OC)c(OCCCOC)c1)C(C)C.NCC1CCCC1. The van der Waals surface area contributed by atoms with Crippen LogP contribution in [0.15, 0.2) is 18.2 Å². The van der Waals surface area contributed by atoms with Gasteiger partial charge in [0.15, 0.2) is 11.5 Å². The number of ether oxygens (including phenoxy) is 3. The Labute approximate surface area is 214 Å². The molecule has 1 saturated carbocycles. The van der Waals surface area contributed by atoms with Gasteiger partial charge in [0, 0.05) is 38.3 Å². The molecular weight excluding hydrogens is 442 g/mol. The molecular formula is C28H51N3O4. The van der Waals surface area contributed by atoms with Gasteiger partial charge in [-0.1, -0.05) is 19.8 Å². The van der Waals surface area contributed by atoms with Gasteiger partial charge in [-0.25, -0.2) is 0 Å². The lowest BCUT2D eigenvalue weighted by atomic mass is 10.1. The topological polar surface area (TPSA) is 86.1 Å². The van der Waals surface area contributed by atoms with E-state index in [1.165, 1.54) is 45.2 Å². The van der Waals surface area contributed by atoms with Crippen LogP contribution in [0.4, 0.5) is 0 Å². The molecule has 1 unspecified atom stereocenters. The molecule has 1 saturated heterocycles. The van der Waals surface area contributed by atoms with Crippen LogP contribution in [0.25, 0.3) is 0 Å². The van der Waals surface area contributed by atoms with Crippen LogP contribution in [0.2, 0.25) is 0 Å². The highest BCUT2D eigenvalue weighted by molar-refractivity contribution is 5.95. The molecule has 1 amide bonds. The Morgan fingerprint density at radius 1 is 1.14 bits per heavy atom. The lowest BCUT2D eigenvalue weighted by molar-refractivity contribution is 0.0716. The van der Waals surface area contributed by atoms with Crippen LogP contribution < -0.4 is 20.5 Å². The average Bonchev–Trinajstić information content (AvgIpc) is 3.56. The Morgan fingerprint density at radius 2 is 1.86 bits per heavy atom. The van der Waals surface area contributed by atoms with E-state index in [9.17, 15) is 4.79 Å². The van der Waals surface area contributed by atoms with E-state index < -0.39 is 0 Å². The summed E-state index contributed by atoms with van der Waals surface area (Å²) in [4.78, 5) is 14.4. The maximum atomic E-state index is 12.6. The van der Waals surface area contributed by atoms with E-state index >= 15 is 0 Å². The first-order chi connectivity index (χ1) is 16.9. The van der Waals surface area contributed by atoms with Crippen molar-refractivity contribution in [2.24, 2.45) is 17.6 Å². The maximum Gasteiger partial charge on any atom is 0.254 e. The second-order valence-electron chi connectivity index (χ2n) is 9.73. The van der Waals surface area contributed by atoms with E-state index in [1.54, 1.807) is 32.4 Å². The molecule has 35 heavy (non-hydrogen) atoms. The van der Waals surface area contributed by atoms with Gasteiger partial charge >= 0.3 is 0 Å². The summed E-state index contributed by atoms with van der Waals surface area (Å²) in [5, 5.41) is 3.27. The van der Waals surface area contributed by atoms with Crippen molar-refractivity contribution in [2.45, 2.75) is 72.3 Å². The lowest BCUT2D eigenvalue weighted by Gasteiger charge is -2.25. The number of benzene rings is 1. The first kappa shape index (κ1) is 31.2. The molecule has 1 aliphatic heterocycles. The largest absolute Gasteiger partial charge is 0.493 e. The van der Waals surface area contributed by atoms with Gasteiger partial charge in [-0.2, -0.15) is 0 Å². The van der Waals surface area contributed by atoms with E-state index in [0.29, 0.717) is 36.8 Å². The number of nitrogens with two attached hydrogens (primary N) is 1. The van der Waals surface area contributed by atoms with Crippen LogP contribution in [0.1, 0.15) is 76.6 Å². The van der Waals surface area contributed by atoms with E-state index in [4.69, 9.17) is 19.9 Å². The molecule has 1 aromatic carbocycles. The van der Waals surface area contributed by atoms with Gasteiger partial charge in [-0.05, 0) is 89.7 Å². The molecule has 0 bridgehead atoms. The van der Waals surface area contributed by atoms with Crippen molar-refractivity contribution in [3.63, 3.8) is 0 Å². The molecule has 0 spiro atoms. The zero-order valence-electron chi connectivity index (χ0n) is 23.1. The molecule has 1 aliphatic carbocycles. The molecule has 7 heteroatoms. The Kier molecular flexibility index (Phi) is 16.4. The molecule has 202 valence electrons. The fraction of sp³-hybridized carbons (Fsp3) is 0.750. The van der Waals surface area contributed by atoms with Gasteiger partial charge in [-0.3, -0.25) is 4.79 Å². The third-order valence-electron chi connectivity index (χ3n) is 6.50. The summed E-state index contributed by atoms with van der Waals surface area (Å²) >= 11 is 0. The highest BCUT2D eigenvalue weighted by Crippen LogP contribution is 2.29. The first-order valence-corrected chi connectivity index (χ1v) is 13.4. The minimum absolute atomic E-state index is 0.00175. The van der Waals surface area contributed by atoms with Gasteiger partial charge in [0.05, 0.1) is 13.7 Å². The number of nitrogens with zero attached hydrogens (tertiary/aromatic N) is 1. The number of carbonyl (C=O) groups excluding carboxylic acids is 1. The van der Waals surface area contributed by atoms with Crippen LogP contribution >= 0.6 is 0 Å². The smallest absolute Gasteiger partial charge is 0.254 e. The Balaban J connectivity index is 0.000000376. The lowest BCUT2D eigenvalue weighted by Crippen LogP contribution is -2.36. The number of rotatable bonds is 10. The fourth-order valence-electron chi connectivity index (χ4n) is 4.26. The van der Waals surface area contributed by atoms with Crippen molar-refractivity contribution in [3.05, 3.63) is 23.8 Å². The van der Waals surface area contributed by atoms with Crippen LogP contribution in [0.3, 0.4) is 0 Å². The summed E-state index contributed by atoms with van der Waals surface area (Å²) in [5.41, 5.74) is 6.04. The van der Waals surface area contributed by atoms with Crippen molar-refractivity contribution < 1.29 is 19.0 Å². The molecule has 3 N–H and O–H groups in total. The van der Waals surface area contributed by atoms with Crippen molar-refractivity contribution in [3.8, 4) is 11.5 Å². The summed E-state index contributed by atoms with van der Waals surface area (Å²) in [6.07, 6.45) is 7.77. The standard InChI is InChI=1S/C17H27NO4.C6H13N.C5H11N/c1-6-18(13(2)3)17(19)14-8-9-15(21-5)16(12-14)22-11-7-10-20-4;7-5-6-3-1-2-4-6;1-5-2-3-6-4-5/h8-9,12-13H,6-7,10-11H2,1-5H3;6H,1-5,7H2;5-6H,2-4H2,1H3. The highest BCUT2D eigenvalue weighted by atomic mass is 16.5. The van der Waals surface area contributed by atoms with Gasteiger partial charge < -0.3 is 30.2 Å². The highest BCUT2D eigenvalue weighted by Gasteiger charge is 2.19. The van der Waals surface area contributed by atoms with Crippen LogP contribution in [0.5, 0.6) is 11.5 Å². The second kappa shape index (κ2) is 18.4. The fourth-order valence-corrected chi connectivity index (χ4v) is 4.26. The summed E-state index contributed by atoms with van der Waals surface area (Å²) in [6, 6.07) is 5.45. The van der Waals surface area contributed by atoms with Gasteiger partial charge in [0.1, 0.15) is 0 Å². The van der Waals surface area contributed by atoms with Gasteiger partial charge in [0.25, 0.3) is 5.91 Å². The number of hydrogen-bond acceptors (Lipinski definition) is 6. The van der Waals surface area contributed by atoms with Crippen molar-refractivity contribution in [1.29, 1.82) is 0 Å². The quantitative estimate of drug-likeness (QED) is 0.458. The van der Waals surface area contributed by atoms with E-state index in [1.807, 2.05) is 25.7 Å². The second-order valence-corrected chi connectivity index (χ2v) is 9.73. The Morgan fingerprint density at radius 3 is 2.29 bits per heavy atom. The molecule has 0 radical (unpaired) electrons. The third kappa shape index (κ3) is 12.1. The molecule has 2 fully saturated rings. The zero-order valence-corrected chi connectivity index (χ0v) is 23.1. The van der Waals surface area contributed by atoms with E-state index in [2.05, 4.69) is 12.2 Å². The Bertz CT molecular complexity index is 687. The van der Waals surface area contributed by atoms with Crippen LogP contribution in [-0.2, 0) is 4.74 Å². The van der Waals surface area contributed by atoms with E-state index in [0.717, 1.165) is 24.8 Å². The third-order valence-corrected chi connectivity index (χ3v) is 6.50. The van der Waals surface area contributed by atoms with Crippen LogP contribution in [0, 0.1) is 11.8 Å². The maximum absolute atomic E-state index is 12.6. The number of nitrogens with one attached hydrogen (secondary N) is 1. The molecule has 1 aromatic rings. The molecule has 2 aliphatic rings. The molecule has 0 aromatic heterocycles. The molecule has 7 nitrogen and oxygen atoms in total. The average molecular weight is 494 g/mol. The molecule has 1 atom stereocenters. The van der Waals surface area contributed by atoms with Crippen molar-refractivity contribution in [1.82, 2.24) is 10.2 Å². The monoisotopic (exact) mass is 493 g/mol. The van der Waals surface area contributed by atoms with Crippen molar-refractivity contribution in [2.75, 3.05) is 53.6 Å².